The first kappa shape index (κ1) is 26.6. The van der Waals surface area contributed by atoms with Gasteiger partial charge in [0.15, 0.2) is 5.82 Å². The minimum atomic E-state index is -0.602. The standard InChI is InChI=1S/C32H34F2N4O2/c33-26-16-24(17-27(34)19-26)13-22-4-6-30-29(18-22)31(37-36-30)35-32(39)28-5-3-23(20-38-9-1-2-10-38)15-25(28)14-21-7-11-40-12-8-21/h3-6,15-19,21H,1-2,7-14,20H2,(H2,35,36,37,39). The van der Waals surface area contributed by atoms with E-state index >= 15 is 0 Å². The molecular formula is C32H34F2N4O2. The van der Waals surface area contributed by atoms with E-state index in [1.54, 1.807) is 0 Å². The summed E-state index contributed by atoms with van der Waals surface area (Å²) in [5, 5.41) is 11.1. The molecule has 1 aromatic heterocycles. The molecule has 2 aliphatic heterocycles. The van der Waals surface area contributed by atoms with Gasteiger partial charge in [0.05, 0.1) is 5.52 Å². The number of rotatable bonds is 8. The monoisotopic (exact) mass is 544 g/mol. The maximum Gasteiger partial charge on any atom is 0.257 e. The minimum Gasteiger partial charge on any atom is -0.381 e. The molecule has 6 rings (SSSR count). The third-order valence-corrected chi connectivity index (χ3v) is 8.06. The molecule has 3 heterocycles. The second-order valence-corrected chi connectivity index (χ2v) is 11.1. The summed E-state index contributed by atoms with van der Waals surface area (Å²) in [7, 11) is 0. The summed E-state index contributed by atoms with van der Waals surface area (Å²) in [6.07, 6.45) is 5.69. The predicted molar refractivity (Wildman–Crippen MR) is 151 cm³/mol. The van der Waals surface area contributed by atoms with Gasteiger partial charge in [0.25, 0.3) is 5.91 Å². The van der Waals surface area contributed by atoms with Gasteiger partial charge in [-0.1, -0.05) is 18.2 Å². The number of fused-ring (bicyclic) bond motifs is 1. The van der Waals surface area contributed by atoms with Crippen molar-refractivity contribution in [2.45, 2.75) is 45.1 Å². The molecule has 6 nitrogen and oxygen atoms in total. The number of aromatic amines is 1. The van der Waals surface area contributed by atoms with Crippen molar-refractivity contribution in [2.24, 2.45) is 5.92 Å². The number of carbonyl (C=O) groups is 1. The van der Waals surface area contributed by atoms with E-state index in [4.69, 9.17) is 4.74 Å². The zero-order chi connectivity index (χ0) is 27.5. The molecule has 0 atom stereocenters. The summed E-state index contributed by atoms with van der Waals surface area (Å²) in [5.41, 5.74) is 5.14. The van der Waals surface area contributed by atoms with E-state index in [1.807, 2.05) is 24.3 Å². The topological polar surface area (TPSA) is 70.2 Å². The Balaban J connectivity index is 1.24. The largest absolute Gasteiger partial charge is 0.381 e. The van der Waals surface area contributed by atoms with E-state index in [0.717, 1.165) is 80.2 Å². The van der Waals surface area contributed by atoms with Crippen LogP contribution in [-0.4, -0.2) is 47.3 Å². The molecular weight excluding hydrogens is 510 g/mol. The van der Waals surface area contributed by atoms with Crippen molar-refractivity contribution in [1.82, 2.24) is 15.1 Å². The van der Waals surface area contributed by atoms with Gasteiger partial charge < -0.3 is 10.1 Å². The van der Waals surface area contributed by atoms with E-state index in [2.05, 4.69) is 32.5 Å². The molecule has 0 saturated carbocycles. The van der Waals surface area contributed by atoms with Crippen LogP contribution in [0.3, 0.4) is 0 Å². The van der Waals surface area contributed by atoms with Crippen LogP contribution in [-0.2, 0) is 24.1 Å². The summed E-state index contributed by atoms with van der Waals surface area (Å²) < 4.78 is 33.0. The second kappa shape index (κ2) is 11.9. The number of hydrogen-bond acceptors (Lipinski definition) is 4. The average molecular weight is 545 g/mol. The fourth-order valence-corrected chi connectivity index (χ4v) is 5.99. The molecule has 208 valence electrons. The van der Waals surface area contributed by atoms with E-state index in [9.17, 15) is 13.6 Å². The first-order valence-corrected chi connectivity index (χ1v) is 14.2. The van der Waals surface area contributed by atoms with Gasteiger partial charge in [-0.15, -0.1) is 0 Å². The van der Waals surface area contributed by atoms with Crippen LogP contribution >= 0.6 is 0 Å². The molecule has 1 amide bonds. The van der Waals surface area contributed by atoms with Crippen LogP contribution in [0.4, 0.5) is 14.6 Å². The van der Waals surface area contributed by atoms with Crippen molar-refractivity contribution in [3.8, 4) is 0 Å². The Hall–Kier alpha value is -3.62. The van der Waals surface area contributed by atoms with Gasteiger partial charge in [0, 0.05) is 36.8 Å². The van der Waals surface area contributed by atoms with Crippen LogP contribution in [0.15, 0.2) is 54.6 Å². The molecule has 0 aliphatic carbocycles. The van der Waals surface area contributed by atoms with Crippen LogP contribution < -0.4 is 5.32 Å². The molecule has 2 aliphatic rings. The Kier molecular flexibility index (Phi) is 7.89. The van der Waals surface area contributed by atoms with Crippen LogP contribution in [0.1, 0.15) is 58.3 Å². The number of carbonyl (C=O) groups excluding carboxylic acids is 1. The van der Waals surface area contributed by atoms with Crippen molar-refractivity contribution >= 4 is 22.6 Å². The molecule has 0 spiro atoms. The Morgan fingerprint density at radius 2 is 1.70 bits per heavy atom. The summed E-state index contributed by atoms with van der Waals surface area (Å²) in [5.74, 6) is -0.472. The lowest BCUT2D eigenvalue weighted by molar-refractivity contribution is 0.0664. The Bertz CT molecular complexity index is 1490. The van der Waals surface area contributed by atoms with Crippen molar-refractivity contribution in [3.63, 3.8) is 0 Å². The van der Waals surface area contributed by atoms with Crippen LogP contribution in [0.2, 0.25) is 0 Å². The maximum absolute atomic E-state index is 13.7. The zero-order valence-electron chi connectivity index (χ0n) is 22.5. The first-order chi connectivity index (χ1) is 19.5. The Morgan fingerprint density at radius 1 is 0.950 bits per heavy atom. The number of H-pyrrole nitrogens is 1. The van der Waals surface area contributed by atoms with Crippen molar-refractivity contribution in [3.05, 3.63) is 94.0 Å². The van der Waals surface area contributed by atoms with E-state index in [1.165, 1.54) is 30.5 Å². The molecule has 0 unspecified atom stereocenters. The van der Waals surface area contributed by atoms with Gasteiger partial charge in [-0.2, -0.15) is 5.10 Å². The van der Waals surface area contributed by atoms with Gasteiger partial charge in [0.1, 0.15) is 11.6 Å². The van der Waals surface area contributed by atoms with E-state index in [0.29, 0.717) is 29.3 Å². The highest BCUT2D eigenvalue weighted by molar-refractivity contribution is 6.08. The lowest BCUT2D eigenvalue weighted by Crippen LogP contribution is -2.22. The molecule has 4 aromatic rings. The fourth-order valence-electron chi connectivity index (χ4n) is 5.99. The number of hydrogen-bond donors (Lipinski definition) is 2. The van der Waals surface area contributed by atoms with Crippen molar-refractivity contribution in [1.29, 1.82) is 0 Å². The predicted octanol–water partition coefficient (Wildman–Crippen LogP) is 6.25. The van der Waals surface area contributed by atoms with Gasteiger partial charge in [0.2, 0.25) is 0 Å². The summed E-state index contributed by atoms with van der Waals surface area (Å²) >= 11 is 0. The molecule has 3 aromatic carbocycles. The van der Waals surface area contributed by atoms with Crippen LogP contribution in [0.5, 0.6) is 0 Å². The highest BCUT2D eigenvalue weighted by Gasteiger charge is 2.21. The number of ether oxygens (including phenoxy) is 1. The van der Waals surface area contributed by atoms with Crippen LogP contribution in [0.25, 0.3) is 10.9 Å². The van der Waals surface area contributed by atoms with E-state index in [-0.39, 0.29) is 5.91 Å². The molecule has 0 bridgehead atoms. The molecule has 0 radical (unpaired) electrons. The number of anilines is 1. The minimum absolute atomic E-state index is 0.194. The Morgan fingerprint density at radius 3 is 2.48 bits per heavy atom. The number of benzene rings is 3. The normalized spacial score (nSPS) is 16.6. The van der Waals surface area contributed by atoms with Gasteiger partial charge in [-0.25, -0.2) is 8.78 Å². The molecule has 2 N–H and O–H groups in total. The Labute approximate surface area is 232 Å². The molecule has 40 heavy (non-hydrogen) atoms. The van der Waals surface area contributed by atoms with Crippen molar-refractivity contribution < 1.29 is 18.3 Å². The lowest BCUT2D eigenvalue weighted by Gasteiger charge is -2.24. The average Bonchev–Trinajstić information content (AvgIpc) is 3.59. The first-order valence-electron chi connectivity index (χ1n) is 14.2. The highest BCUT2D eigenvalue weighted by Crippen LogP contribution is 2.27. The van der Waals surface area contributed by atoms with Crippen LogP contribution in [0, 0.1) is 17.6 Å². The summed E-state index contributed by atoms with van der Waals surface area (Å²) in [6, 6.07) is 15.4. The van der Waals surface area contributed by atoms with Gasteiger partial charge in [-0.05, 0) is 110 Å². The number of likely N-dealkylation sites (tertiary alicyclic amines) is 1. The summed E-state index contributed by atoms with van der Waals surface area (Å²) in [6.45, 7) is 4.69. The quantitative estimate of drug-likeness (QED) is 0.275. The molecule has 8 heteroatoms. The second-order valence-electron chi connectivity index (χ2n) is 11.1. The highest BCUT2D eigenvalue weighted by atomic mass is 19.1. The third kappa shape index (κ3) is 6.24. The number of halogens is 2. The number of aromatic nitrogens is 2. The third-order valence-electron chi connectivity index (χ3n) is 8.06. The molecule has 2 fully saturated rings. The molecule has 2 saturated heterocycles. The van der Waals surface area contributed by atoms with Gasteiger partial charge in [-0.3, -0.25) is 14.8 Å². The van der Waals surface area contributed by atoms with E-state index < -0.39 is 11.6 Å². The summed E-state index contributed by atoms with van der Waals surface area (Å²) in [4.78, 5) is 16.1. The number of amides is 1. The maximum atomic E-state index is 13.7. The fraction of sp³-hybridized carbons (Fsp3) is 0.375. The SMILES string of the molecule is O=C(Nc1n[nH]c2ccc(Cc3cc(F)cc(F)c3)cc12)c1ccc(CN2CCCC2)cc1CC1CCOCC1. The zero-order valence-corrected chi connectivity index (χ0v) is 22.5. The number of nitrogens with one attached hydrogen (secondary N) is 2. The van der Waals surface area contributed by atoms with Crippen molar-refractivity contribution in [2.75, 3.05) is 31.6 Å². The number of nitrogens with zero attached hydrogens (tertiary/aromatic N) is 2. The smallest absolute Gasteiger partial charge is 0.257 e. The van der Waals surface area contributed by atoms with Gasteiger partial charge >= 0.3 is 0 Å². The lowest BCUT2D eigenvalue weighted by atomic mass is 9.89.